The van der Waals surface area contributed by atoms with Crippen LogP contribution in [0.25, 0.3) is 11.3 Å². The maximum absolute atomic E-state index is 9.33. The van der Waals surface area contributed by atoms with Gasteiger partial charge in [-0.2, -0.15) is 0 Å². The third-order valence-corrected chi connectivity index (χ3v) is 2.81. The van der Waals surface area contributed by atoms with Crippen LogP contribution in [0.2, 0.25) is 0 Å². The Morgan fingerprint density at radius 3 is 2.79 bits per heavy atom. The lowest BCUT2D eigenvalue weighted by molar-refractivity contribution is 0.475. The minimum Gasteiger partial charge on any atom is -0.508 e. The van der Waals surface area contributed by atoms with Crippen molar-refractivity contribution in [2.45, 2.75) is 0 Å². The molecule has 0 bridgehead atoms. The Bertz CT molecular complexity index is 465. The molecule has 1 heterocycles. The number of nitrogens with zero attached hydrogens (tertiary/aromatic N) is 2. The molecule has 1 aromatic heterocycles. The Labute approximate surface area is 90.2 Å². The van der Waals surface area contributed by atoms with Crippen molar-refractivity contribution in [2.24, 2.45) is 7.05 Å². The molecule has 0 saturated heterocycles. The molecule has 0 amide bonds. The number of hydrogen-bond donors (Lipinski definition) is 1. The third kappa shape index (κ3) is 1.53. The first-order valence-electron chi connectivity index (χ1n) is 4.15. The summed E-state index contributed by atoms with van der Waals surface area (Å²) in [6, 6.07) is 7.10. The van der Waals surface area contributed by atoms with E-state index < -0.39 is 0 Å². The van der Waals surface area contributed by atoms with E-state index in [1.54, 1.807) is 18.3 Å². The molecule has 0 unspecified atom stereocenters. The molecule has 2 aromatic rings. The van der Waals surface area contributed by atoms with Gasteiger partial charge >= 0.3 is 0 Å². The van der Waals surface area contributed by atoms with E-state index in [4.69, 9.17) is 0 Å². The van der Waals surface area contributed by atoms with Crippen molar-refractivity contribution in [3.05, 3.63) is 35.2 Å². The van der Waals surface area contributed by atoms with E-state index in [1.807, 2.05) is 23.7 Å². The lowest BCUT2D eigenvalue weighted by Crippen LogP contribution is -1.91. The number of aromatic nitrogens is 2. The van der Waals surface area contributed by atoms with E-state index in [9.17, 15) is 5.11 Å². The lowest BCUT2D eigenvalue weighted by Gasteiger charge is -2.03. The van der Waals surface area contributed by atoms with Crippen LogP contribution < -0.4 is 0 Å². The molecular weight excluding hydrogens is 244 g/mol. The van der Waals surface area contributed by atoms with Crippen molar-refractivity contribution in [1.29, 1.82) is 0 Å². The number of hydrogen-bond acceptors (Lipinski definition) is 2. The van der Waals surface area contributed by atoms with Gasteiger partial charge in [-0.3, -0.25) is 0 Å². The normalized spacial score (nSPS) is 10.4. The summed E-state index contributed by atoms with van der Waals surface area (Å²) in [4.78, 5) is 4.12. The quantitative estimate of drug-likeness (QED) is 0.848. The van der Waals surface area contributed by atoms with Gasteiger partial charge in [0.1, 0.15) is 5.75 Å². The van der Waals surface area contributed by atoms with Crippen LogP contribution >= 0.6 is 15.9 Å². The van der Waals surface area contributed by atoms with Crippen molar-refractivity contribution in [1.82, 2.24) is 9.55 Å². The Morgan fingerprint density at radius 2 is 2.21 bits per heavy atom. The summed E-state index contributed by atoms with van der Waals surface area (Å²) in [6.45, 7) is 0. The Hall–Kier alpha value is -1.29. The molecule has 0 saturated carbocycles. The van der Waals surface area contributed by atoms with Gasteiger partial charge in [0, 0.05) is 12.6 Å². The van der Waals surface area contributed by atoms with E-state index in [2.05, 4.69) is 20.9 Å². The van der Waals surface area contributed by atoms with Crippen LogP contribution in [0.4, 0.5) is 0 Å². The number of rotatable bonds is 1. The molecule has 0 atom stereocenters. The summed E-state index contributed by atoms with van der Waals surface area (Å²) in [5.41, 5.74) is 1.92. The molecule has 1 aromatic carbocycles. The Balaban J connectivity index is 2.55. The van der Waals surface area contributed by atoms with Gasteiger partial charge in [0.2, 0.25) is 0 Å². The van der Waals surface area contributed by atoms with Gasteiger partial charge in [0.25, 0.3) is 0 Å². The van der Waals surface area contributed by atoms with E-state index in [0.717, 1.165) is 16.0 Å². The third-order valence-electron chi connectivity index (χ3n) is 2.07. The highest BCUT2D eigenvalue weighted by Gasteiger charge is 2.06. The molecule has 1 N–H and O–H groups in total. The van der Waals surface area contributed by atoms with Crippen molar-refractivity contribution < 1.29 is 5.11 Å². The number of imidazole rings is 1. The van der Waals surface area contributed by atoms with Crippen molar-refractivity contribution in [3.63, 3.8) is 0 Å². The van der Waals surface area contributed by atoms with Crippen LogP contribution in [0.3, 0.4) is 0 Å². The topological polar surface area (TPSA) is 38.0 Å². The van der Waals surface area contributed by atoms with Crippen LogP contribution in [-0.2, 0) is 7.05 Å². The minimum absolute atomic E-state index is 0.264. The maximum Gasteiger partial charge on any atom is 0.177 e. The summed E-state index contributed by atoms with van der Waals surface area (Å²) in [7, 11) is 1.91. The largest absolute Gasteiger partial charge is 0.508 e. The van der Waals surface area contributed by atoms with Crippen LogP contribution in [0.5, 0.6) is 5.75 Å². The second kappa shape index (κ2) is 3.46. The van der Waals surface area contributed by atoms with Crippen LogP contribution in [-0.4, -0.2) is 14.7 Å². The first-order valence-corrected chi connectivity index (χ1v) is 4.94. The Morgan fingerprint density at radius 1 is 1.43 bits per heavy atom. The number of phenolic OH excluding ortho intramolecular Hbond substituents is 1. The molecule has 3 nitrogen and oxygen atoms in total. The predicted octanol–water partition coefficient (Wildman–Crippen LogP) is 2.56. The van der Waals surface area contributed by atoms with Gasteiger partial charge in [-0.25, -0.2) is 4.98 Å². The zero-order valence-electron chi connectivity index (χ0n) is 7.61. The minimum atomic E-state index is 0.264. The van der Waals surface area contributed by atoms with Crippen LogP contribution in [0.15, 0.2) is 35.2 Å². The zero-order valence-corrected chi connectivity index (χ0v) is 9.19. The molecule has 0 radical (unpaired) electrons. The number of phenols is 1. The van der Waals surface area contributed by atoms with E-state index in [-0.39, 0.29) is 5.75 Å². The van der Waals surface area contributed by atoms with Crippen molar-refractivity contribution in [2.75, 3.05) is 0 Å². The molecule has 0 fully saturated rings. The van der Waals surface area contributed by atoms with E-state index in [1.165, 1.54) is 0 Å². The molecule has 72 valence electrons. The van der Waals surface area contributed by atoms with Gasteiger partial charge in [-0.1, -0.05) is 12.1 Å². The number of aromatic hydroxyl groups is 1. The fourth-order valence-electron chi connectivity index (χ4n) is 1.32. The number of benzene rings is 1. The van der Waals surface area contributed by atoms with Crippen molar-refractivity contribution in [3.8, 4) is 17.0 Å². The average molecular weight is 253 g/mol. The SMILES string of the molecule is Cn1c(-c2cccc(O)c2)cnc1Br. The fraction of sp³-hybridized carbons (Fsp3) is 0.100. The molecule has 14 heavy (non-hydrogen) atoms. The predicted molar refractivity (Wildman–Crippen MR) is 58.0 cm³/mol. The molecular formula is C10H9BrN2O. The van der Waals surface area contributed by atoms with Crippen LogP contribution in [0.1, 0.15) is 0 Å². The summed E-state index contributed by atoms with van der Waals surface area (Å²) < 4.78 is 2.69. The fourth-order valence-corrected chi connectivity index (χ4v) is 1.61. The highest BCUT2D eigenvalue weighted by molar-refractivity contribution is 9.10. The van der Waals surface area contributed by atoms with Gasteiger partial charge in [0.05, 0.1) is 11.9 Å². The Kier molecular flexibility index (Phi) is 2.29. The smallest absolute Gasteiger partial charge is 0.177 e. The van der Waals surface area contributed by atoms with Crippen molar-refractivity contribution >= 4 is 15.9 Å². The first-order chi connectivity index (χ1) is 6.68. The average Bonchev–Trinajstić information content (AvgIpc) is 2.48. The summed E-state index contributed by atoms with van der Waals surface area (Å²) in [5.74, 6) is 0.264. The monoisotopic (exact) mass is 252 g/mol. The molecule has 0 aliphatic rings. The second-order valence-electron chi connectivity index (χ2n) is 3.02. The second-order valence-corrected chi connectivity index (χ2v) is 3.73. The van der Waals surface area contributed by atoms with Crippen LogP contribution in [0, 0.1) is 0 Å². The highest BCUT2D eigenvalue weighted by atomic mass is 79.9. The molecule has 2 rings (SSSR count). The van der Waals surface area contributed by atoms with Gasteiger partial charge in [0.15, 0.2) is 4.73 Å². The van der Waals surface area contributed by atoms with E-state index >= 15 is 0 Å². The number of halogens is 1. The van der Waals surface area contributed by atoms with Gasteiger partial charge in [-0.05, 0) is 28.1 Å². The van der Waals surface area contributed by atoms with E-state index in [0.29, 0.717) is 0 Å². The molecule has 0 spiro atoms. The maximum atomic E-state index is 9.33. The standard InChI is InChI=1S/C10H9BrN2O/c1-13-9(6-12-10(13)11)7-3-2-4-8(14)5-7/h2-6,14H,1H3. The summed E-state index contributed by atoms with van der Waals surface area (Å²) in [6.07, 6.45) is 1.76. The highest BCUT2D eigenvalue weighted by Crippen LogP contribution is 2.24. The zero-order chi connectivity index (χ0) is 10.1. The van der Waals surface area contributed by atoms with Gasteiger partial charge in [-0.15, -0.1) is 0 Å². The first kappa shape index (κ1) is 9.27. The molecule has 0 aliphatic heterocycles. The summed E-state index contributed by atoms with van der Waals surface area (Å²) in [5, 5.41) is 9.33. The summed E-state index contributed by atoms with van der Waals surface area (Å²) >= 11 is 3.32. The molecule has 0 aliphatic carbocycles. The van der Waals surface area contributed by atoms with Gasteiger partial charge < -0.3 is 9.67 Å². The molecule has 4 heteroatoms. The lowest BCUT2D eigenvalue weighted by atomic mass is 10.1.